The van der Waals surface area contributed by atoms with Gasteiger partial charge < -0.3 is 4.74 Å². The van der Waals surface area contributed by atoms with Crippen molar-refractivity contribution in [2.24, 2.45) is 0 Å². The van der Waals surface area contributed by atoms with E-state index in [4.69, 9.17) is 6.42 Å². The van der Waals surface area contributed by atoms with E-state index in [2.05, 4.69) is 10.7 Å². The van der Waals surface area contributed by atoms with Gasteiger partial charge in [-0.2, -0.15) is 17.6 Å². The maximum Gasteiger partial charge on any atom is 0.422 e. The molecule has 0 heterocycles. The third-order valence-corrected chi connectivity index (χ3v) is 2.47. The summed E-state index contributed by atoms with van der Waals surface area (Å²) in [7, 11) is 0. The van der Waals surface area contributed by atoms with Crippen molar-refractivity contribution < 1.29 is 35.9 Å². The number of halogens is 6. The molecular weight excluding hydrogens is 302 g/mol. The predicted molar refractivity (Wildman–Crippen MR) is 59.8 cm³/mol. The Labute approximate surface area is 115 Å². The summed E-state index contributed by atoms with van der Waals surface area (Å²) in [5, 5.41) is 0. The fraction of sp³-hybridized carbons (Fsp3) is 0.308. The molecule has 0 amide bonds. The molecule has 1 aromatic carbocycles. The normalized spacial score (nSPS) is 11.1. The van der Waals surface area contributed by atoms with Crippen LogP contribution in [0.25, 0.3) is 0 Å². The lowest BCUT2D eigenvalue weighted by Crippen LogP contribution is -2.17. The van der Waals surface area contributed by atoms with Crippen LogP contribution in [-0.2, 0) is 11.0 Å². The van der Waals surface area contributed by atoms with Crippen molar-refractivity contribution in [1.29, 1.82) is 0 Å². The third-order valence-electron chi connectivity index (χ3n) is 2.47. The van der Waals surface area contributed by atoms with E-state index in [9.17, 15) is 31.1 Å². The van der Waals surface area contributed by atoms with Crippen LogP contribution in [0.1, 0.15) is 24.0 Å². The Bertz CT molecular complexity index is 584. The minimum atomic E-state index is -5.42. The number of esters is 1. The van der Waals surface area contributed by atoms with Crippen molar-refractivity contribution >= 4 is 5.97 Å². The van der Waals surface area contributed by atoms with E-state index in [1.165, 1.54) is 0 Å². The highest BCUT2D eigenvalue weighted by Gasteiger charge is 2.41. The van der Waals surface area contributed by atoms with E-state index in [0.717, 1.165) is 6.92 Å². The molecule has 0 aliphatic rings. The Kier molecular flexibility index (Phi) is 4.88. The molecule has 0 N–H and O–H groups in total. The lowest BCUT2D eigenvalue weighted by atomic mass is 10.1. The maximum absolute atomic E-state index is 13.6. The van der Waals surface area contributed by atoms with Gasteiger partial charge in [0.05, 0.1) is 6.42 Å². The van der Waals surface area contributed by atoms with Crippen molar-refractivity contribution in [3.63, 3.8) is 0 Å². The van der Waals surface area contributed by atoms with Gasteiger partial charge >= 0.3 is 12.1 Å². The first-order valence-corrected chi connectivity index (χ1v) is 5.49. The zero-order valence-electron chi connectivity index (χ0n) is 10.6. The monoisotopic (exact) mass is 310 g/mol. The zero-order valence-corrected chi connectivity index (χ0v) is 10.6. The van der Waals surface area contributed by atoms with Crippen LogP contribution >= 0.6 is 0 Å². The Morgan fingerprint density at radius 1 is 1.19 bits per heavy atom. The lowest BCUT2D eigenvalue weighted by molar-refractivity contribution is -0.142. The van der Waals surface area contributed by atoms with Gasteiger partial charge in [-0.25, -0.2) is 8.78 Å². The van der Waals surface area contributed by atoms with Crippen LogP contribution in [0.3, 0.4) is 0 Å². The Morgan fingerprint density at radius 2 is 1.76 bits per heavy atom. The molecule has 0 bridgehead atoms. The van der Waals surface area contributed by atoms with E-state index in [-0.39, 0.29) is 12.8 Å². The molecule has 0 saturated heterocycles. The molecule has 8 heteroatoms. The first-order valence-electron chi connectivity index (χ1n) is 5.49. The van der Waals surface area contributed by atoms with E-state index in [1.54, 1.807) is 0 Å². The number of carbonyl (C=O) groups is 1. The summed E-state index contributed by atoms with van der Waals surface area (Å²) in [6, 6.07) is 0. The highest BCUT2D eigenvalue weighted by atomic mass is 19.4. The van der Waals surface area contributed by atoms with Crippen LogP contribution in [0.4, 0.5) is 26.3 Å². The summed E-state index contributed by atoms with van der Waals surface area (Å²) in [6.45, 7) is 0.733. The molecule has 2 nitrogen and oxygen atoms in total. The van der Waals surface area contributed by atoms with Crippen LogP contribution in [0.15, 0.2) is 0 Å². The van der Waals surface area contributed by atoms with Crippen LogP contribution < -0.4 is 4.74 Å². The molecule has 0 atom stereocenters. The molecule has 1 rings (SSSR count). The Hall–Kier alpha value is -2.17. The van der Waals surface area contributed by atoms with Gasteiger partial charge in [-0.15, -0.1) is 12.3 Å². The number of hydrogen-bond acceptors (Lipinski definition) is 2. The van der Waals surface area contributed by atoms with Gasteiger partial charge in [-0.1, -0.05) is 0 Å². The van der Waals surface area contributed by atoms with Gasteiger partial charge in [0.25, 0.3) is 0 Å². The topological polar surface area (TPSA) is 26.3 Å². The van der Waals surface area contributed by atoms with Crippen LogP contribution in [-0.4, -0.2) is 5.97 Å². The summed E-state index contributed by atoms with van der Waals surface area (Å²) in [6.07, 6.45) is -1.01. The summed E-state index contributed by atoms with van der Waals surface area (Å²) in [5.41, 5.74) is -3.34. The summed E-state index contributed by atoms with van der Waals surface area (Å²) >= 11 is 0. The van der Waals surface area contributed by atoms with Crippen molar-refractivity contribution in [2.45, 2.75) is 25.9 Å². The highest BCUT2D eigenvalue weighted by molar-refractivity contribution is 5.73. The van der Waals surface area contributed by atoms with Crippen molar-refractivity contribution in [3.8, 4) is 18.1 Å². The van der Waals surface area contributed by atoms with Gasteiger partial charge in [-0.05, 0) is 6.92 Å². The summed E-state index contributed by atoms with van der Waals surface area (Å²) in [5.74, 6) is -6.86. The minimum Gasteiger partial charge on any atom is -0.423 e. The largest absolute Gasteiger partial charge is 0.423 e. The van der Waals surface area contributed by atoms with Gasteiger partial charge in [0, 0.05) is 12.0 Å². The average Bonchev–Trinajstić information content (AvgIpc) is 2.37. The van der Waals surface area contributed by atoms with Crippen LogP contribution in [0, 0.1) is 36.7 Å². The molecule has 0 fully saturated rings. The zero-order chi connectivity index (χ0) is 16.4. The minimum absolute atomic E-state index is 0.0783. The molecule has 0 aromatic heterocycles. The van der Waals surface area contributed by atoms with Crippen molar-refractivity contribution in [1.82, 2.24) is 0 Å². The molecule has 114 valence electrons. The lowest BCUT2D eigenvalue weighted by Gasteiger charge is -2.15. The fourth-order valence-corrected chi connectivity index (χ4v) is 1.47. The number of rotatable bonds is 3. The number of terminal acetylenes is 1. The molecule has 1 aromatic rings. The molecule has 0 unspecified atom stereocenters. The maximum atomic E-state index is 13.6. The second kappa shape index (κ2) is 6.08. The molecule has 21 heavy (non-hydrogen) atoms. The van der Waals surface area contributed by atoms with Crippen molar-refractivity contribution in [3.05, 3.63) is 28.6 Å². The number of hydrogen-bond donors (Lipinski definition) is 0. The first-order chi connectivity index (χ1) is 9.61. The van der Waals surface area contributed by atoms with E-state index in [0.29, 0.717) is 0 Å². The van der Waals surface area contributed by atoms with E-state index in [1.807, 2.05) is 0 Å². The fourth-order valence-electron chi connectivity index (χ4n) is 1.47. The highest BCUT2D eigenvalue weighted by Crippen LogP contribution is 2.39. The average molecular weight is 310 g/mol. The van der Waals surface area contributed by atoms with E-state index < -0.39 is 46.5 Å². The van der Waals surface area contributed by atoms with Crippen molar-refractivity contribution in [2.75, 3.05) is 0 Å². The van der Waals surface area contributed by atoms with Crippen LogP contribution in [0.5, 0.6) is 5.75 Å². The summed E-state index contributed by atoms with van der Waals surface area (Å²) in [4.78, 5) is 11.2. The Morgan fingerprint density at radius 3 is 2.24 bits per heavy atom. The SMILES string of the molecule is C#CCCC(=O)Oc1c(C)c(F)c(C(F)(F)F)c(F)c1F. The van der Waals surface area contributed by atoms with Gasteiger partial charge in [0.15, 0.2) is 11.6 Å². The number of alkyl halides is 3. The second-order valence-electron chi connectivity index (χ2n) is 3.95. The number of benzene rings is 1. The quantitative estimate of drug-likeness (QED) is 0.279. The molecule has 0 aliphatic heterocycles. The predicted octanol–water partition coefficient (Wildman–Crippen LogP) is 3.75. The number of ether oxygens (including phenoxy) is 1. The molecule has 0 aliphatic carbocycles. The van der Waals surface area contributed by atoms with E-state index >= 15 is 0 Å². The second-order valence-corrected chi connectivity index (χ2v) is 3.95. The van der Waals surface area contributed by atoms with Gasteiger partial charge in [0.1, 0.15) is 11.4 Å². The van der Waals surface area contributed by atoms with Gasteiger partial charge in [-0.3, -0.25) is 4.79 Å². The first kappa shape index (κ1) is 16.9. The third kappa shape index (κ3) is 3.48. The smallest absolute Gasteiger partial charge is 0.422 e. The Balaban J connectivity index is 3.32. The molecular formula is C13H8F6O2. The molecule has 0 spiro atoms. The van der Waals surface area contributed by atoms with Crippen LogP contribution in [0.2, 0.25) is 0 Å². The van der Waals surface area contributed by atoms with Gasteiger partial charge in [0.2, 0.25) is 5.82 Å². The number of carbonyl (C=O) groups excluding carboxylic acids is 1. The molecule has 0 radical (unpaired) electrons. The molecule has 0 saturated carbocycles. The summed E-state index contributed by atoms with van der Waals surface area (Å²) < 4.78 is 82.2. The standard InChI is InChI=1S/C13H8F6O2/c1-3-4-5-7(20)21-12-6(2)9(14)8(13(17,18)19)10(15)11(12)16/h1H,4-5H2,2H3.